The average molecular weight is 469 g/mol. The van der Waals surface area contributed by atoms with Gasteiger partial charge in [-0.05, 0) is 23.3 Å². The summed E-state index contributed by atoms with van der Waals surface area (Å²) in [5, 5.41) is 12.3. The minimum atomic E-state index is -4.59. The highest BCUT2D eigenvalue weighted by Crippen LogP contribution is 2.33. The minimum Gasteiger partial charge on any atom is -0.297 e. The van der Waals surface area contributed by atoms with Gasteiger partial charge in [0, 0.05) is 30.9 Å². The van der Waals surface area contributed by atoms with E-state index in [0.29, 0.717) is 11.7 Å². The fourth-order valence-corrected chi connectivity index (χ4v) is 4.67. The largest absolute Gasteiger partial charge is 0.416 e. The summed E-state index contributed by atoms with van der Waals surface area (Å²) in [5.74, 6) is -0.790. The molecule has 168 valence electrons. The third-order valence-electron chi connectivity index (χ3n) is 5.21. The zero-order chi connectivity index (χ0) is 23.4. The van der Waals surface area contributed by atoms with Crippen LogP contribution in [-0.2, 0) is 30.5 Å². The number of halogens is 3. The lowest BCUT2D eigenvalue weighted by Crippen LogP contribution is -2.29. The second-order valence-corrected chi connectivity index (χ2v) is 8.63. The van der Waals surface area contributed by atoms with E-state index in [2.05, 4.69) is 27.3 Å². The monoisotopic (exact) mass is 468 g/mol. The van der Waals surface area contributed by atoms with Crippen LogP contribution in [0.3, 0.4) is 0 Å². The van der Waals surface area contributed by atoms with Crippen molar-refractivity contribution in [1.82, 2.24) is 9.88 Å². The van der Waals surface area contributed by atoms with E-state index in [1.807, 2.05) is 18.2 Å². The third-order valence-corrected chi connectivity index (χ3v) is 6.21. The Kier molecular flexibility index (Phi) is 6.58. The van der Waals surface area contributed by atoms with Gasteiger partial charge in [-0.2, -0.15) is 18.4 Å². The lowest BCUT2D eigenvalue weighted by Gasteiger charge is -2.25. The Morgan fingerprint density at radius 3 is 2.64 bits per heavy atom. The van der Waals surface area contributed by atoms with E-state index < -0.39 is 23.2 Å². The Balaban J connectivity index is 1.47. The SMILES string of the molecule is N#C/C(=C\c1ccccc1C(F)(F)F)C(=O)Nc1nc2c(s1)CN(Cc1ccccc1)CC2. The van der Waals surface area contributed by atoms with Crippen LogP contribution in [0.1, 0.15) is 27.3 Å². The Labute approximate surface area is 192 Å². The number of benzene rings is 2. The van der Waals surface area contributed by atoms with Gasteiger partial charge in [0.05, 0.1) is 11.3 Å². The van der Waals surface area contributed by atoms with Crippen LogP contribution in [0, 0.1) is 11.3 Å². The van der Waals surface area contributed by atoms with Gasteiger partial charge in [-0.25, -0.2) is 4.98 Å². The van der Waals surface area contributed by atoms with Crippen LogP contribution in [0.2, 0.25) is 0 Å². The van der Waals surface area contributed by atoms with Gasteiger partial charge in [0.2, 0.25) is 0 Å². The molecule has 0 unspecified atom stereocenters. The first-order chi connectivity index (χ1) is 15.8. The number of alkyl halides is 3. The molecular weight excluding hydrogens is 449 g/mol. The van der Waals surface area contributed by atoms with E-state index >= 15 is 0 Å². The van der Waals surface area contributed by atoms with Crippen LogP contribution in [0.25, 0.3) is 6.08 Å². The molecule has 0 atom stereocenters. The summed E-state index contributed by atoms with van der Waals surface area (Å²) >= 11 is 1.32. The van der Waals surface area contributed by atoms with Crippen LogP contribution in [0.5, 0.6) is 0 Å². The first-order valence-corrected chi connectivity index (χ1v) is 11.0. The second kappa shape index (κ2) is 9.57. The van der Waals surface area contributed by atoms with E-state index in [4.69, 9.17) is 0 Å². The molecule has 3 aromatic rings. The molecule has 0 radical (unpaired) electrons. The molecule has 4 rings (SSSR count). The summed E-state index contributed by atoms with van der Waals surface area (Å²) in [6, 6.07) is 16.6. The number of carbonyl (C=O) groups is 1. The van der Waals surface area contributed by atoms with Gasteiger partial charge < -0.3 is 0 Å². The van der Waals surface area contributed by atoms with E-state index in [1.165, 1.54) is 35.1 Å². The number of carbonyl (C=O) groups excluding carboxylic acids is 1. The van der Waals surface area contributed by atoms with Crippen molar-refractivity contribution in [1.29, 1.82) is 5.26 Å². The van der Waals surface area contributed by atoms with Crippen LogP contribution in [-0.4, -0.2) is 22.3 Å². The molecule has 2 aromatic carbocycles. The zero-order valence-electron chi connectivity index (χ0n) is 17.4. The number of amides is 1. The topological polar surface area (TPSA) is 69.0 Å². The maximum Gasteiger partial charge on any atom is 0.416 e. The maximum absolute atomic E-state index is 13.2. The second-order valence-electron chi connectivity index (χ2n) is 7.54. The fraction of sp³-hybridized carbons (Fsp3) is 0.208. The molecule has 1 aliphatic rings. The van der Waals surface area contributed by atoms with Crippen molar-refractivity contribution in [3.63, 3.8) is 0 Å². The number of aromatic nitrogens is 1. The van der Waals surface area contributed by atoms with E-state index in [0.717, 1.165) is 42.2 Å². The zero-order valence-corrected chi connectivity index (χ0v) is 18.2. The molecule has 1 aromatic heterocycles. The molecule has 1 N–H and O–H groups in total. The molecule has 0 fully saturated rings. The molecule has 0 aliphatic carbocycles. The van der Waals surface area contributed by atoms with E-state index in [1.54, 1.807) is 6.07 Å². The summed E-state index contributed by atoms with van der Waals surface area (Å²) in [7, 11) is 0. The Morgan fingerprint density at radius 2 is 1.91 bits per heavy atom. The van der Waals surface area contributed by atoms with Crippen molar-refractivity contribution in [2.45, 2.75) is 25.7 Å². The maximum atomic E-state index is 13.2. The van der Waals surface area contributed by atoms with Crippen molar-refractivity contribution in [3.8, 4) is 6.07 Å². The van der Waals surface area contributed by atoms with Gasteiger partial charge in [0.1, 0.15) is 11.6 Å². The number of fused-ring (bicyclic) bond motifs is 1. The molecule has 5 nitrogen and oxygen atoms in total. The summed E-state index contributed by atoms with van der Waals surface area (Å²) < 4.78 is 39.7. The van der Waals surface area contributed by atoms with E-state index in [-0.39, 0.29) is 5.56 Å². The molecule has 2 heterocycles. The van der Waals surface area contributed by atoms with Crippen molar-refractivity contribution < 1.29 is 18.0 Å². The van der Waals surface area contributed by atoms with Crippen LogP contribution in [0.4, 0.5) is 18.3 Å². The molecule has 9 heteroatoms. The molecule has 0 spiro atoms. The number of anilines is 1. The molecule has 0 saturated carbocycles. The first-order valence-electron chi connectivity index (χ1n) is 10.2. The normalized spacial score (nSPS) is 14.4. The standard InChI is InChI=1S/C24H19F3N4OS/c25-24(26,27)19-9-5-4-8-17(19)12-18(13-28)22(32)30-23-29-20-10-11-31(15-21(20)33-23)14-16-6-2-1-3-7-16/h1-9,12H,10-11,14-15H2,(H,29,30,32)/b18-12+. The number of nitrogens with zero attached hydrogens (tertiary/aromatic N) is 3. The average Bonchev–Trinajstić information content (AvgIpc) is 3.19. The summed E-state index contributed by atoms with van der Waals surface area (Å²) in [6.45, 7) is 2.33. The van der Waals surface area contributed by atoms with Crippen LogP contribution < -0.4 is 5.32 Å². The molecule has 0 bridgehead atoms. The van der Waals surface area contributed by atoms with Crippen molar-refractivity contribution >= 4 is 28.5 Å². The Bertz CT molecular complexity index is 1230. The number of nitrogens with one attached hydrogen (secondary N) is 1. The number of hydrogen-bond acceptors (Lipinski definition) is 5. The van der Waals surface area contributed by atoms with Crippen molar-refractivity contribution in [2.75, 3.05) is 11.9 Å². The highest BCUT2D eigenvalue weighted by Gasteiger charge is 2.32. The molecule has 1 amide bonds. The Hall–Kier alpha value is -3.48. The number of rotatable bonds is 5. The first kappa shape index (κ1) is 22.7. The lowest BCUT2D eigenvalue weighted by molar-refractivity contribution is -0.137. The van der Waals surface area contributed by atoms with Gasteiger partial charge in [-0.3, -0.25) is 15.0 Å². The van der Waals surface area contributed by atoms with E-state index in [9.17, 15) is 23.2 Å². The highest BCUT2D eigenvalue weighted by atomic mass is 32.1. The summed E-state index contributed by atoms with van der Waals surface area (Å²) in [5.41, 5.74) is 0.525. The summed E-state index contributed by atoms with van der Waals surface area (Å²) in [6.07, 6.45) is -2.91. The van der Waals surface area contributed by atoms with Gasteiger partial charge >= 0.3 is 6.18 Å². The number of thiazole rings is 1. The lowest BCUT2D eigenvalue weighted by atomic mass is 10.0. The van der Waals surface area contributed by atoms with Gasteiger partial charge in [0.25, 0.3) is 5.91 Å². The number of nitriles is 1. The summed E-state index contributed by atoms with van der Waals surface area (Å²) in [4.78, 5) is 20.4. The molecule has 33 heavy (non-hydrogen) atoms. The van der Waals surface area contributed by atoms with Crippen LogP contribution in [0.15, 0.2) is 60.2 Å². The van der Waals surface area contributed by atoms with Crippen molar-refractivity contribution in [3.05, 3.63) is 87.4 Å². The van der Waals surface area contributed by atoms with Gasteiger partial charge in [0.15, 0.2) is 5.13 Å². The molecule has 0 saturated heterocycles. The smallest absolute Gasteiger partial charge is 0.297 e. The number of hydrogen-bond donors (Lipinski definition) is 1. The van der Waals surface area contributed by atoms with Gasteiger partial charge in [-0.1, -0.05) is 48.5 Å². The van der Waals surface area contributed by atoms with Gasteiger partial charge in [-0.15, -0.1) is 11.3 Å². The fourth-order valence-electron chi connectivity index (χ4n) is 3.63. The minimum absolute atomic E-state index is 0.244. The highest BCUT2D eigenvalue weighted by molar-refractivity contribution is 7.15. The Morgan fingerprint density at radius 1 is 1.18 bits per heavy atom. The van der Waals surface area contributed by atoms with Crippen LogP contribution >= 0.6 is 11.3 Å². The molecular formula is C24H19F3N4OS. The van der Waals surface area contributed by atoms with Crippen molar-refractivity contribution in [2.24, 2.45) is 0 Å². The third kappa shape index (κ3) is 5.48. The quantitative estimate of drug-likeness (QED) is 0.409. The predicted molar refractivity (Wildman–Crippen MR) is 120 cm³/mol. The molecule has 1 aliphatic heterocycles. The predicted octanol–water partition coefficient (Wildman–Crippen LogP) is 5.27.